The molecule has 108 valence electrons. The fourth-order valence-electron chi connectivity index (χ4n) is 1.64. The van der Waals surface area contributed by atoms with Crippen LogP contribution in [0.2, 0.25) is 0 Å². The third-order valence-corrected chi connectivity index (χ3v) is 4.46. The second-order valence-electron chi connectivity index (χ2n) is 4.02. The van der Waals surface area contributed by atoms with Crippen LogP contribution >= 0.6 is 22.7 Å². The summed E-state index contributed by atoms with van der Waals surface area (Å²) in [6.45, 7) is 0. The predicted octanol–water partition coefficient (Wildman–Crippen LogP) is 2.18. The molecule has 7 nitrogen and oxygen atoms in total. The number of carbonyl (C=O) groups excluding carboxylic acids is 1. The van der Waals surface area contributed by atoms with Crippen LogP contribution in [0, 0.1) is 0 Å². The van der Waals surface area contributed by atoms with Crippen LogP contribution in [0.5, 0.6) is 6.01 Å². The highest BCUT2D eigenvalue weighted by atomic mass is 32.1. The van der Waals surface area contributed by atoms with E-state index in [1.807, 2.05) is 22.9 Å². The summed E-state index contributed by atoms with van der Waals surface area (Å²) in [5.41, 5.74) is 0.729. The van der Waals surface area contributed by atoms with Crippen LogP contribution in [-0.2, 0) is 11.2 Å². The van der Waals surface area contributed by atoms with E-state index in [9.17, 15) is 4.79 Å². The molecule has 21 heavy (non-hydrogen) atoms. The minimum Gasteiger partial charge on any atom is -0.466 e. The Morgan fingerprint density at radius 1 is 1.43 bits per heavy atom. The number of anilines is 1. The molecule has 9 heteroatoms. The van der Waals surface area contributed by atoms with Crippen molar-refractivity contribution >= 4 is 34.5 Å². The maximum Gasteiger partial charge on any atom is 0.336 e. The molecule has 3 aromatic heterocycles. The number of H-pyrrole nitrogens is 1. The smallest absolute Gasteiger partial charge is 0.336 e. The number of amides is 1. The van der Waals surface area contributed by atoms with Gasteiger partial charge in [-0.1, -0.05) is 6.07 Å². The van der Waals surface area contributed by atoms with Crippen LogP contribution < -0.4 is 10.1 Å². The molecule has 3 heterocycles. The van der Waals surface area contributed by atoms with E-state index in [2.05, 4.69) is 25.5 Å². The summed E-state index contributed by atoms with van der Waals surface area (Å²) in [5, 5.41) is 13.7. The standard InChI is InChI=1S/C12H11N5O2S2/c1-19-12-15-11(16-17-12)14-9(18)5-7-6-21-10(13-7)8-3-2-4-20-8/h2-4,6H,5H2,1H3,(H2,14,15,16,17,18). The van der Waals surface area contributed by atoms with E-state index in [-0.39, 0.29) is 24.3 Å². The summed E-state index contributed by atoms with van der Waals surface area (Å²) in [7, 11) is 1.45. The van der Waals surface area contributed by atoms with Crippen molar-refractivity contribution in [3.63, 3.8) is 0 Å². The summed E-state index contributed by atoms with van der Waals surface area (Å²) in [4.78, 5) is 21.4. The highest BCUT2D eigenvalue weighted by molar-refractivity contribution is 7.20. The number of rotatable bonds is 5. The minimum absolute atomic E-state index is 0.180. The van der Waals surface area contributed by atoms with Crippen molar-refractivity contribution in [3.05, 3.63) is 28.6 Å². The fraction of sp³-hybridized carbons (Fsp3) is 0.167. The number of carbonyl (C=O) groups is 1. The van der Waals surface area contributed by atoms with Crippen molar-refractivity contribution in [2.45, 2.75) is 6.42 Å². The van der Waals surface area contributed by atoms with E-state index in [0.29, 0.717) is 0 Å². The Bertz CT molecular complexity index is 735. The molecule has 0 aromatic carbocycles. The SMILES string of the molecule is COc1n[nH]c(NC(=O)Cc2csc(-c3cccs3)n2)n1. The number of hydrogen-bond donors (Lipinski definition) is 2. The summed E-state index contributed by atoms with van der Waals surface area (Å²) in [6, 6.07) is 4.16. The Balaban J connectivity index is 1.62. The fourth-order valence-corrected chi connectivity index (χ4v) is 3.27. The van der Waals surface area contributed by atoms with Gasteiger partial charge >= 0.3 is 6.01 Å². The Hall–Kier alpha value is -2.26. The normalized spacial score (nSPS) is 10.5. The van der Waals surface area contributed by atoms with Crippen molar-refractivity contribution in [1.29, 1.82) is 0 Å². The maximum atomic E-state index is 11.9. The Labute approximate surface area is 128 Å². The molecule has 0 unspecified atom stereocenters. The van der Waals surface area contributed by atoms with Gasteiger partial charge in [0.15, 0.2) is 0 Å². The lowest BCUT2D eigenvalue weighted by atomic mass is 10.3. The van der Waals surface area contributed by atoms with Gasteiger partial charge in [-0.2, -0.15) is 4.98 Å². The van der Waals surface area contributed by atoms with Gasteiger partial charge in [0, 0.05) is 5.38 Å². The molecule has 0 saturated carbocycles. The van der Waals surface area contributed by atoms with Gasteiger partial charge < -0.3 is 4.74 Å². The van der Waals surface area contributed by atoms with Gasteiger partial charge in [-0.3, -0.25) is 10.1 Å². The largest absolute Gasteiger partial charge is 0.466 e. The lowest BCUT2D eigenvalue weighted by Gasteiger charge is -1.98. The molecule has 0 aliphatic rings. The second-order valence-corrected chi connectivity index (χ2v) is 5.82. The summed E-state index contributed by atoms with van der Waals surface area (Å²) < 4.78 is 4.83. The van der Waals surface area contributed by atoms with Gasteiger partial charge in [-0.05, 0) is 11.4 Å². The predicted molar refractivity (Wildman–Crippen MR) is 80.7 cm³/mol. The van der Waals surface area contributed by atoms with E-state index in [4.69, 9.17) is 4.74 Å². The minimum atomic E-state index is -0.211. The highest BCUT2D eigenvalue weighted by Crippen LogP contribution is 2.27. The van der Waals surface area contributed by atoms with Crippen LogP contribution in [0.4, 0.5) is 5.95 Å². The molecule has 0 aliphatic carbocycles. The van der Waals surface area contributed by atoms with Crippen LogP contribution in [-0.4, -0.2) is 33.2 Å². The number of methoxy groups -OCH3 is 1. The molecule has 0 fully saturated rings. The third kappa shape index (κ3) is 3.26. The van der Waals surface area contributed by atoms with E-state index >= 15 is 0 Å². The van der Waals surface area contributed by atoms with Crippen LogP contribution in [0.15, 0.2) is 22.9 Å². The summed E-state index contributed by atoms with van der Waals surface area (Å²) in [6.07, 6.45) is 0.185. The Kier molecular flexibility index (Phi) is 3.93. The number of hydrogen-bond acceptors (Lipinski definition) is 7. The number of thiazole rings is 1. The van der Waals surface area contributed by atoms with Gasteiger partial charge in [0.1, 0.15) is 5.01 Å². The zero-order chi connectivity index (χ0) is 14.7. The molecule has 2 N–H and O–H groups in total. The summed E-state index contributed by atoms with van der Waals surface area (Å²) >= 11 is 3.15. The first-order chi connectivity index (χ1) is 10.2. The van der Waals surface area contributed by atoms with Crippen molar-refractivity contribution in [3.8, 4) is 15.9 Å². The lowest BCUT2D eigenvalue weighted by Crippen LogP contribution is -2.15. The quantitative estimate of drug-likeness (QED) is 0.751. The number of ether oxygens (including phenoxy) is 1. The summed E-state index contributed by atoms with van der Waals surface area (Å²) in [5.74, 6) is 0.0439. The first-order valence-electron chi connectivity index (χ1n) is 5.99. The number of nitrogens with zero attached hydrogens (tertiary/aromatic N) is 3. The monoisotopic (exact) mass is 321 g/mol. The van der Waals surface area contributed by atoms with E-state index in [0.717, 1.165) is 15.6 Å². The van der Waals surface area contributed by atoms with Crippen LogP contribution in [0.25, 0.3) is 9.88 Å². The van der Waals surface area contributed by atoms with Crippen molar-refractivity contribution in [2.24, 2.45) is 0 Å². The molecule has 0 bridgehead atoms. The lowest BCUT2D eigenvalue weighted by molar-refractivity contribution is -0.115. The van der Waals surface area contributed by atoms with Gasteiger partial charge in [0.25, 0.3) is 0 Å². The molecule has 3 aromatic rings. The number of aromatic amines is 1. The number of thiophene rings is 1. The molecule has 0 radical (unpaired) electrons. The van der Waals surface area contributed by atoms with Gasteiger partial charge in [-0.25, -0.2) is 10.1 Å². The van der Waals surface area contributed by atoms with Crippen molar-refractivity contribution in [2.75, 3.05) is 12.4 Å². The van der Waals surface area contributed by atoms with Crippen molar-refractivity contribution < 1.29 is 9.53 Å². The van der Waals surface area contributed by atoms with Gasteiger partial charge in [0.05, 0.1) is 24.1 Å². The molecular formula is C12H11N5O2S2. The number of aromatic nitrogens is 4. The molecule has 0 aliphatic heterocycles. The molecule has 0 spiro atoms. The zero-order valence-corrected chi connectivity index (χ0v) is 12.6. The molecule has 0 atom stereocenters. The van der Waals surface area contributed by atoms with Gasteiger partial charge in [0.2, 0.25) is 11.9 Å². The van der Waals surface area contributed by atoms with E-state index in [1.165, 1.54) is 18.4 Å². The van der Waals surface area contributed by atoms with Crippen molar-refractivity contribution in [1.82, 2.24) is 20.2 Å². The molecule has 3 rings (SSSR count). The molecular weight excluding hydrogens is 310 g/mol. The second kappa shape index (κ2) is 6.02. The van der Waals surface area contributed by atoms with E-state index in [1.54, 1.807) is 11.3 Å². The zero-order valence-electron chi connectivity index (χ0n) is 11.0. The Morgan fingerprint density at radius 2 is 2.33 bits per heavy atom. The molecule has 0 saturated heterocycles. The average molecular weight is 321 g/mol. The molecule has 1 amide bonds. The first-order valence-corrected chi connectivity index (χ1v) is 7.75. The average Bonchev–Trinajstić information content (AvgIpc) is 3.19. The first kappa shape index (κ1) is 13.7. The topological polar surface area (TPSA) is 92.8 Å². The maximum absolute atomic E-state index is 11.9. The van der Waals surface area contributed by atoms with Crippen LogP contribution in [0.1, 0.15) is 5.69 Å². The Morgan fingerprint density at radius 3 is 3.05 bits per heavy atom. The highest BCUT2D eigenvalue weighted by Gasteiger charge is 2.11. The van der Waals surface area contributed by atoms with Crippen LogP contribution in [0.3, 0.4) is 0 Å². The number of nitrogens with one attached hydrogen (secondary N) is 2. The third-order valence-electron chi connectivity index (χ3n) is 2.53. The van der Waals surface area contributed by atoms with E-state index < -0.39 is 0 Å². The van der Waals surface area contributed by atoms with Gasteiger partial charge in [-0.15, -0.1) is 27.8 Å².